The Morgan fingerprint density at radius 1 is 1.33 bits per heavy atom. The van der Waals surface area contributed by atoms with E-state index in [9.17, 15) is 0 Å². The summed E-state index contributed by atoms with van der Waals surface area (Å²) in [4.78, 5) is 4.23. The summed E-state index contributed by atoms with van der Waals surface area (Å²) in [6.07, 6.45) is 3.42. The number of nitrogens with zero attached hydrogens (tertiary/aromatic N) is 1. The molecular formula is C11H12N2OS. The van der Waals surface area contributed by atoms with Crippen LogP contribution >= 0.6 is 11.8 Å². The first-order chi connectivity index (χ1) is 7.34. The van der Waals surface area contributed by atoms with Crippen molar-refractivity contribution in [3.8, 4) is 0 Å². The highest BCUT2D eigenvalue weighted by atomic mass is 32.2. The molecule has 2 aromatic rings. The summed E-state index contributed by atoms with van der Waals surface area (Å²) < 4.78 is 5.23. The Morgan fingerprint density at radius 2 is 2.27 bits per heavy atom. The number of thioether (sulfide) groups is 1. The summed E-state index contributed by atoms with van der Waals surface area (Å²) in [6, 6.07) is 7.56. The van der Waals surface area contributed by atoms with Gasteiger partial charge in [0.2, 0.25) is 0 Å². The van der Waals surface area contributed by atoms with E-state index in [-0.39, 0.29) is 0 Å². The number of furan rings is 1. The highest BCUT2D eigenvalue weighted by Crippen LogP contribution is 2.17. The molecule has 0 aliphatic rings. The number of pyridine rings is 1. The Bertz CT molecular complexity index is 414. The standard InChI is InChI=1S/C11H12N2OS/c12-9-3-4-13-10(6-9)7-15-8-11-2-1-5-14-11/h1-6H,7-8H2,(H2,12,13). The summed E-state index contributed by atoms with van der Waals surface area (Å²) in [6.45, 7) is 0. The SMILES string of the molecule is Nc1ccnc(CSCc2ccco2)c1. The van der Waals surface area contributed by atoms with E-state index in [0.29, 0.717) is 0 Å². The molecule has 0 amide bonds. The van der Waals surface area contributed by atoms with Gasteiger partial charge in [-0.05, 0) is 24.3 Å². The summed E-state index contributed by atoms with van der Waals surface area (Å²) in [5, 5.41) is 0. The van der Waals surface area contributed by atoms with Gasteiger partial charge in [-0.3, -0.25) is 4.98 Å². The Balaban J connectivity index is 1.83. The van der Waals surface area contributed by atoms with E-state index in [4.69, 9.17) is 10.2 Å². The van der Waals surface area contributed by atoms with E-state index in [1.807, 2.05) is 18.2 Å². The molecule has 0 saturated carbocycles. The number of hydrogen-bond acceptors (Lipinski definition) is 4. The van der Waals surface area contributed by atoms with Crippen LogP contribution in [0.2, 0.25) is 0 Å². The largest absolute Gasteiger partial charge is 0.468 e. The van der Waals surface area contributed by atoms with E-state index in [1.165, 1.54) is 0 Å². The average molecular weight is 220 g/mol. The van der Waals surface area contributed by atoms with Crippen molar-refractivity contribution < 1.29 is 4.42 Å². The van der Waals surface area contributed by atoms with Crippen LogP contribution in [0.15, 0.2) is 41.1 Å². The maximum absolute atomic E-state index is 5.66. The molecule has 4 heteroatoms. The molecule has 2 aromatic heterocycles. The van der Waals surface area contributed by atoms with Crippen LogP contribution in [-0.4, -0.2) is 4.98 Å². The quantitative estimate of drug-likeness (QED) is 0.860. The Hall–Kier alpha value is -1.42. The van der Waals surface area contributed by atoms with Gasteiger partial charge >= 0.3 is 0 Å². The minimum atomic E-state index is 0.763. The first kappa shape index (κ1) is 10.1. The second kappa shape index (κ2) is 4.89. The van der Waals surface area contributed by atoms with Crippen molar-refractivity contribution >= 4 is 17.4 Å². The van der Waals surface area contributed by atoms with Crippen LogP contribution in [0.5, 0.6) is 0 Å². The molecule has 0 saturated heterocycles. The van der Waals surface area contributed by atoms with Crippen LogP contribution in [-0.2, 0) is 11.5 Å². The predicted octanol–water partition coefficient (Wildman–Crippen LogP) is 2.69. The van der Waals surface area contributed by atoms with Gasteiger partial charge in [0.05, 0.1) is 17.7 Å². The monoisotopic (exact) mass is 220 g/mol. The third-order valence-corrected chi connectivity index (χ3v) is 2.90. The highest BCUT2D eigenvalue weighted by molar-refractivity contribution is 7.97. The van der Waals surface area contributed by atoms with Gasteiger partial charge in [0.15, 0.2) is 0 Å². The van der Waals surface area contributed by atoms with Gasteiger partial charge in [0.25, 0.3) is 0 Å². The number of nitrogens with two attached hydrogens (primary N) is 1. The topological polar surface area (TPSA) is 52.0 Å². The molecule has 78 valence electrons. The third kappa shape index (κ3) is 3.02. The predicted molar refractivity (Wildman–Crippen MR) is 62.4 cm³/mol. The van der Waals surface area contributed by atoms with Gasteiger partial charge in [-0.2, -0.15) is 0 Å². The van der Waals surface area contributed by atoms with Gasteiger partial charge in [0, 0.05) is 17.6 Å². The summed E-state index contributed by atoms with van der Waals surface area (Å²) in [5.74, 6) is 2.71. The second-order valence-corrected chi connectivity index (χ2v) is 4.14. The fourth-order valence-electron chi connectivity index (χ4n) is 1.23. The Morgan fingerprint density at radius 3 is 3.00 bits per heavy atom. The van der Waals surface area contributed by atoms with Gasteiger partial charge in [-0.1, -0.05) is 0 Å². The maximum Gasteiger partial charge on any atom is 0.113 e. The van der Waals surface area contributed by atoms with Gasteiger partial charge in [0.1, 0.15) is 5.76 Å². The lowest BCUT2D eigenvalue weighted by Gasteiger charge is -2.00. The molecule has 0 aliphatic carbocycles. The van der Waals surface area contributed by atoms with Crippen LogP contribution in [0.1, 0.15) is 11.5 Å². The fourth-order valence-corrected chi connectivity index (χ4v) is 2.06. The van der Waals surface area contributed by atoms with Crippen LogP contribution < -0.4 is 5.73 Å². The van der Waals surface area contributed by atoms with Crippen LogP contribution in [0, 0.1) is 0 Å². The molecule has 0 aromatic carbocycles. The lowest BCUT2D eigenvalue weighted by atomic mass is 10.3. The van der Waals surface area contributed by atoms with Crippen LogP contribution in [0.3, 0.4) is 0 Å². The van der Waals surface area contributed by atoms with Crippen molar-refractivity contribution in [2.75, 3.05) is 5.73 Å². The van der Waals surface area contributed by atoms with Crippen LogP contribution in [0.25, 0.3) is 0 Å². The van der Waals surface area contributed by atoms with Gasteiger partial charge in [-0.15, -0.1) is 11.8 Å². The molecule has 0 spiro atoms. The molecule has 3 nitrogen and oxygen atoms in total. The first-order valence-corrected chi connectivity index (χ1v) is 5.80. The Kier molecular flexibility index (Phi) is 3.29. The summed E-state index contributed by atoms with van der Waals surface area (Å²) in [5.41, 5.74) is 7.43. The molecule has 15 heavy (non-hydrogen) atoms. The second-order valence-electron chi connectivity index (χ2n) is 3.15. The zero-order valence-corrected chi connectivity index (χ0v) is 9.04. The van der Waals surface area contributed by atoms with E-state index in [2.05, 4.69) is 4.98 Å². The molecule has 0 unspecified atom stereocenters. The zero-order chi connectivity index (χ0) is 10.5. The van der Waals surface area contributed by atoms with Gasteiger partial charge < -0.3 is 10.2 Å². The molecule has 0 radical (unpaired) electrons. The minimum Gasteiger partial charge on any atom is -0.468 e. The van der Waals surface area contributed by atoms with Crippen molar-refractivity contribution in [2.45, 2.75) is 11.5 Å². The van der Waals surface area contributed by atoms with E-state index >= 15 is 0 Å². The molecule has 2 N–H and O–H groups in total. The van der Waals surface area contributed by atoms with Crippen LogP contribution in [0.4, 0.5) is 5.69 Å². The van der Waals surface area contributed by atoms with Crippen molar-refractivity contribution in [2.24, 2.45) is 0 Å². The van der Waals surface area contributed by atoms with Crippen molar-refractivity contribution in [1.82, 2.24) is 4.98 Å². The molecule has 0 atom stereocenters. The zero-order valence-electron chi connectivity index (χ0n) is 8.22. The number of nitrogen functional groups attached to an aromatic ring is 1. The number of hydrogen-bond donors (Lipinski definition) is 1. The molecule has 2 heterocycles. The van der Waals surface area contributed by atoms with Crippen molar-refractivity contribution in [1.29, 1.82) is 0 Å². The molecule has 0 fully saturated rings. The molecule has 0 aliphatic heterocycles. The van der Waals surface area contributed by atoms with Crippen molar-refractivity contribution in [3.05, 3.63) is 48.2 Å². The highest BCUT2D eigenvalue weighted by Gasteiger charge is 1.98. The van der Waals surface area contributed by atoms with Gasteiger partial charge in [-0.25, -0.2) is 0 Å². The molecule has 0 bridgehead atoms. The van der Waals surface area contributed by atoms with Crippen molar-refractivity contribution in [3.63, 3.8) is 0 Å². The third-order valence-electron chi connectivity index (χ3n) is 1.91. The normalized spacial score (nSPS) is 10.4. The number of rotatable bonds is 4. The average Bonchev–Trinajstić information content (AvgIpc) is 2.71. The lowest BCUT2D eigenvalue weighted by Crippen LogP contribution is -1.90. The van der Waals surface area contributed by atoms with E-state index in [0.717, 1.165) is 28.6 Å². The molecular weight excluding hydrogens is 208 g/mol. The summed E-state index contributed by atoms with van der Waals surface area (Å²) >= 11 is 1.76. The van der Waals surface area contributed by atoms with E-state index in [1.54, 1.807) is 30.3 Å². The fraction of sp³-hybridized carbons (Fsp3) is 0.182. The molecule has 2 rings (SSSR count). The summed E-state index contributed by atoms with van der Waals surface area (Å²) in [7, 11) is 0. The first-order valence-electron chi connectivity index (χ1n) is 4.65. The lowest BCUT2D eigenvalue weighted by molar-refractivity contribution is 0.530. The van der Waals surface area contributed by atoms with E-state index < -0.39 is 0 Å². The minimum absolute atomic E-state index is 0.763. The Labute approximate surface area is 92.7 Å². The number of aromatic nitrogens is 1. The maximum atomic E-state index is 5.66. The number of anilines is 1. The smallest absolute Gasteiger partial charge is 0.113 e.